The first-order valence-electron chi connectivity index (χ1n) is 3.94. The van der Waals surface area contributed by atoms with Crippen molar-refractivity contribution in [3.63, 3.8) is 0 Å². The van der Waals surface area contributed by atoms with Gasteiger partial charge in [-0.3, -0.25) is 4.99 Å². The molecule has 1 heteroatoms. The van der Waals surface area contributed by atoms with E-state index < -0.39 is 0 Å². The van der Waals surface area contributed by atoms with E-state index in [9.17, 15) is 0 Å². The zero-order valence-corrected chi connectivity index (χ0v) is 8.10. The van der Waals surface area contributed by atoms with Crippen molar-refractivity contribution in [3.05, 3.63) is 17.4 Å². The lowest BCUT2D eigenvalue weighted by molar-refractivity contribution is 0.771. The molecule has 0 aliphatic rings. The third-order valence-electron chi connectivity index (χ3n) is 1.73. The Labute approximate surface area is 69.5 Å². The van der Waals surface area contributed by atoms with E-state index in [2.05, 4.69) is 31.5 Å². The van der Waals surface area contributed by atoms with Crippen LogP contribution in [0.5, 0.6) is 0 Å². The summed E-state index contributed by atoms with van der Waals surface area (Å²) < 4.78 is 0. The quantitative estimate of drug-likeness (QED) is 0.425. The van der Waals surface area contributed by atoms with E-state index in [0.717, 1.165) is 5.71 Å². The van der Waals surface area contributed by atoms with Gasteiger partial charge in [-0.05, 0) is 25.3 Å². The molecule has 11 heavy (non-hydrogen) atoms. The Kier molecular flexibility index (Phi) is 4.56. The second-order valence-electron chi connectivity index (χ2n) is 2.99. The second kappa shape index (κ2) is 4.92. The largest absolute Gasteiger partial charge is 0.293 e. The molecule has 0 spiro atoms. The summed E-state index contributed by atoms with van der Waals surface area (Å²) in [7, 11) is 1.79. The molecule has 0 aromatic heterocycles. The Morgan fingerprint density at radius 3 is 2.27 bits per heavy atom. The summed E-state index contributed by atoms with van der Waals surface area (Å²) in [5.41, 5.74) is 5.48. The average Bonchev–Trinajstić information content (AvgIpc) is 1.99. The normalized spacial score (nSPS) is 11.3. The van der Waals surface area contributed by atoms with Crippen molar-refractivity contribution in [1.29, 1.82) is 0 Å². The Hall–Kier alpha value is -0.810. The number of allylic oxidation sites excluding steroid dienone is 1. The minimum Gasteiger partial charge on any atom is -0.293 e. The second-order valence-corrected chi connectivity index (χ2v) is 2.99. The van der Waals surface area contributed by atoms with Crippen LogP contribution < -0.4 is 0 Å². The molecular formula is C10H17N. The Morgan fingerprint density at radius 2 is 1.91 bits per heavy atom. The summed E-state index contributed by atoms with van der Waals surface area (Å²) in [6.07, 6.45) is 1.93. The number of rotatable bonds is 2. The molecule has 0 aromatic carbocycles. The maximum Gasteiger partial charge on any atom is 0.0390 e. The van der Waals surface area contributed by atoms with E-state index in [1.165, 1.54) is 5.57 Å². The van der Waals surface area contributed by atoms with Gasteiger partial charge in [0.1, 0.15) is 0 Å². The maximum atomic E-state index is 4.01. The van der Waals surface area contributed by atoms with E-state index in [1.54, 1.807) is 7.05 Å². The lowest BCUT2D eigenvalue weighted by atomic mass is 10.1. The van der Waals surface area contributed by atoms with Crippen molar-refractivity contribution < 1.29 is 0 Å². The molecule has 0 bridgehead atoms. The van der Waals surface area contributed by atoms with E-state index in [4.69, 9.17) is 0 Å². The lowest BCUT2D eigenvalue weighted by Gasteiger charge is -1.98. The number of nitrogens with zero attached hydrogens (tertiary/aromatic N) is 1. The molecule has 0 saturated heterocycles. The standard InChI is InChI=1S/C10H17N/c1-8(2)9(3)6-7-10(4)11-5/h7-8H,1-5H3/b11-10-. The highest BCUT2D eigenvalue weighted by Crippen LogP contribution is 2.04. The fourth-order valence-electron chi connectivity index (χ4n) is 0.449. The Bertz CT molecular complexity index is 203. The molecule has 0 heterocycles. The van der Waals surface area contributed by atoms with E-state index in [-0.39, 0.29) is 0 Å². The van der Waals surface area contributed by atoms with Gasteiger partial charge >= 0.3 is 0 Å². The number of hydrogen-bond acceptors (Lipinski definition) is 1. The van der Waals surface area contributed by atoms with Crippen molar-refractivity contribution in [1.82, 2.24) is 0 Å². The van der Waals surface area contributed by atoms with Crippen molar-refractivity contribution >= 4 is 5.71 Å². The molecule has 1 nitrogen and oxygen atoms in total. The molecule has 0 aliphatic heterocycles. The first-order valence-corrected chi connectivity index (χ1v) is 3.94. The monoisotopic (exact) mass is 151 g/mol. The fourth-order valence-corrected chi connectivity index (χ4v) is 0.449. The van der Waals surface area contributed by atoms with Crippen LogP contribution in [0.4, 0.5) is 0 Å². The van der Waals surface area contributed by atoms with Crippen LogP contribution in [0.2, 0.25) is 0 Å². The van der Waals surface area contributed by atoms with Crippen molar-refractivity contribution in [2.45, 2.75) is 27.7 Å². The number of aliphatic imine (C=N–C) groups is 1. The van der Waals surface area contributed by atoms with Gasteiger partial charge in [0.2, 0.25) is 0 Å². The van der Waals surface area contributed by atoms with Gasteiger partial charge in [-0.2, -0.15) is 0 Å². The summed E-state index contributed by atoms with van der Waals surface area (Å²) >= 11 is 0. The van der Waals surface area contributed by atoms with Crippen LogP contribution in [0.3, 0.4) is 0 Å². The van der Waals surface area contributed by atoms with E-state index >= 15 is 0 Å². The van der Waals surface area contributed by atoms with Crippen LogP contribution in [0, 0.1) is 5.92 Å². The molecule has 0 unspecified atom stereocenters. The van der Waals surface area contributed by atoms with Gasteiger partial charge in [0, 0.05) is 18.8 Å². The first-order chi connectivity index (χ1) is 5.07. The van der Waals surface area contributed by atoms with Crippen LogP contribution in [-0.4, -0.2) is 12.8 Å². The minimum absolute atomic E-state index is 0.580. The summed E-state index contributed by atoms with van der Waals surface area (Å²) in [6, 6.07) is 0. The fraction of sp³-hybridized carbons (Fsp3) is 0.600. The molecule has 0 aliphatic carbocycles. The highest BCUT2D eigenvalue weighted by atomic mass is 14.7. The first kappa shape index (κ1) is 10.2. The highest BCUT2D eigenvalue weighted by molar-refractivity contribution is 5.92. The van der Waals surface area contributed by atoms with E-state index in [0.29, 0.717) is 5.92 Å². The van der Waals surface area contributed by atoms with Crippen LogP contribution in [0.15, 0.2) is 22.4 Å². The molecule has 0 rings (SSSR count). The molecule has 0 amide bonds. The third-order valence-corrected chi connectivity index (χ3v) is 1.73. The zero-order chi connectivity index (χ0) is 8.85. The number of hydrogen-bond donors (Lipinski definition) is 0. The maximum absolute atomic E-state index is 4.01. The average molecular weight is 151 g/mol. The van der Waals surface area contributed by atoms with E-state index in [1.807, 2.05) is 13.0 Å². The van der Waals surface area contributed by atoms with Crippen LogP contribution in [-0.2, 0) is 0 Å². The highest BCUT2D eigenvalue weighted by Gasteiger charge is 1.92. The molecule has 0 N–H and O–H groups in total. The zero-order valence-electron chi connectivity index (χ0n) is 8.10. The van der Waals surface area contributed by atoms with Crippen LogP contribution >= 0.6 is 0 Å². The predicted molar refractivity (Wildman–Crippen MR) is 51.1 cm³/mol. The van der Waals surface area contributed by atoms with Crippen LogP contribution in [0.1, 0.15) is 27.7 Å². The molecular weight excluding hydrogens is 134 g/mol. The van der Waals surface area contributed by atoms with Crippen molar-refractivity contribution in [2.24, 2.45) is 10.9 Å². The van der Waals surface area contributed by atoms with Gasteiger partial charge in [0.05, 0.1) is 0 Å². The smallest absolute Gasteiger partial charge is 0.0390 e. The Balaban J connectivity index is 4.41. The summed E-state index contributed by atoms with van der Waals surface area (Å²) in [6.45, 7) is 8.38. The topological polar surface area (TPSA) is 12.4 Å². The van der Waals surface area contributed by atoms with Gasteiger partial charge in [-0.1, -0.05) is 13.8 Å². The van der Waals surface area contributed by atoms with Gasteiger partial charge in [0.15, 0.2) is 0 Å². The van der Waals surface area contributed by atoms with Gasteiger partial charge < -0.3 is 0 Å². The minimum atomic E-state index is 0.580. The SMILES string of the molecule is C/N=C(/C)C=C=C(C)C(C)C. The summed E-state index contributed by atoms with van der Waals surface area (Å²) in [5, 5.41) is 0. The molecule has 0 atom stereocenters. The molecule has 62 valence electrons. The van der Waals surface area contributed by atoms with Gasteiger partial charge in [-0.15, -0.1) is 5.73 Å². The van der Waals surface area contributed by atoms with Gasteiger partial charge in [0.25, 0.3) is 0 Å². The molecule has 0 saturated carbocycles. The summed E-state index contributed by atoms with van der Waals surface area (Å²) in [5.74, 6) is 0.580. The third kappa shape index (κ3) is 4.58. The Morgan fingerprint density at radius 1 is 1.36 bits per heavy atom. The molecule has 0 fully saturated rings. The van der Waals surface area contributed by atoms with Crippen LogP contribution in [0.25, 0.3) is 0 Å². The summed E-state index contributed by atoms with van der Waals surface area (Å²) in [4.78, 5) is 4.01. The predicted octanol–water partition coefficient (Wildman–Crippen LogP) is 2.83. The molecule has 0 radical (unpaired) electrons. The van der Waals surface area contributed by atoms with Gasteiger partial charge in [-0.25, -0.2) is 0 Å². The lowest BCUT2D eigenvalue weighted by Crippen LogP contribution is -1.87. The van der Waals surface area contributed by atoms with Crippen molar-refractivity contribution in [3.8, 4) is 0 Å². The molecule has 0 aromatic rings. The van der Waals surface area contributed by atoms with Crippen molar-refractivity contribution in [2.75, 3.05) is 7.05 Å².